The van der Waals surface area contributed by atoms with E-state index in [2.05, 4.69) is 15.9 Å². The molecule has 0 spiro atoms. The number of nitrogens with zero attached hydrogens (tertiary/aromatic N) is 1. The van der Waals surface area contributed by atoms with Crippen LogP contribution in [0.5, 0.6) is 5.75 Å². The summed E-state index contributed by atoms with van der Waals surface area (Å²) in [4.78, 5) is 14.0. The Balaban J connectivity index is 2.90. The number of halogens is 1. The van der Waals surface area contributed by atoms with Crippen molar-refractivity contribution < 1.29 is 9.53 Å². The zero-order valence-electron chi connectivity index (χ0n) is 12.5. The highest BCUT2D eigenvalue weighted by atomic mass is 79.9. The van der Waals surface area contributed by atoms with Crippen molar-refractivity contribution >= 4 is 21.8 Å². The Kier molecular flexibility index (Phi) is 6.49. The van der Waals surface area contributed by atoms with Gasteiger partial charge in [0.2, 0.25) is 0 Å². The van der Waals surface area contributed by atoms with Crippen LogP contribution in [0.2, 0.25) is 0 Å². The average Bonchev–Trinajstić information content (AvgIpc) is 2.41. The fourth-order valence-corrected chi connectivity index (χ4v) is 2.39. The van der Waals surface area contributed by atoms with Gasteiger partial charge < -0.3 is 15.4 Å². The average molecular weight is 343 g/mol. The van der Waals surface area contributed by atoms with E-state index in [9.17, 15) is 4.79 Å². The minimum absolute atomic E-state index is 0.00598. The molecule has 5 heteroatoms. The molecule has 1 amide bonds. The summed E-state index contributed by atoms with van der Waals surface area (Å²) >= 11 is 3.42. The molecule has 0 aliphatic heterocycles. The largest absolute Gasteiger partial charge is 0.481 e. The lowest BCUT2D eigenvalue weighted by Crippen LogP contribution is -2.40. The van der Waals surface area contributed by atoms with Crippen LogP contribution < -0.4 is 10.5 Å². The van der Waals surface area contributed by atoms with Gasteiger partial charge >= 0.3 is 0 Å². The first-order valence-electron chi connectivity index (χ1n) is 6.91. The number of nitrogens with two attached hydrogens (primary N) is 1. The first kappa shape index (κ1) is 17.0. The van der Waals surface area contributed by atoms with Crippen LogP contribution in [0.1, 0.15) is 39.3 Å². The van der Waals surface area contributed by atoms with Gasteiger partial charge in [-0.05, 0) is 45.9 Å². The lowest BCUT2D eigenvalue weighted by molar-refractivity contribution is -0.137. The molecular formula is C15H23BrN2O2. The molecule has 1 aromatic rings. The number of benzene rings is 1. The smallest absolute Gasteiger partial charge is 0.263 e. The van der Waals surface area contributed by atoms with E-state index in [4.69, 9.17) is 10.5 Å². The Labute approximate surface area is 129 Å². The van der Waals surface area contributed by atoms with Gasteiger partial charge in [-0.3, -0.25) is 4.79 Å². The van der Waals surface area contributed by atoms with Crippen LogP contribution in [0, 0.1) is 0 Å². The molecule has 20 heavy (non-hydrogen) atoms. The van der Waals surface area contributed by atoms with Crippen LogP contribution in [-0.4, -0.2) is 30.0 Å². The minimum Gasteiger partial charge on any atom is -0.481 e. The normalized spacial score (nSPS) is 13.7. The van der Waals surface area contributed by atoms with Gasteiger partial charge in [-0.1, -0.05) is 15.9 Å². The highest BCUT2D eigenvalue weighted by Gasteiger charge is 2.21. The highest BCUT2D eigenvalue weighted by molar-refractivity contribution is 9.10. The molecule has 0 fully saturated rings. The summed E-state index contributed by atoms with van der Waals surface area (Å²) in [6, 6.07) is 5.50. The van der Waals surface area contributed by atoms with Gasteiger partial charge in [0.25, 0.3) is 5.91 Å². The predicted molar refractivity (Wildman–Crippen MR) is 84.8 cm³/mol. The molecule has 0 aliphatic rings. The zero-order chi connectivity index (χ0) is 15.3. The fraction of sp³-hybridized carbons (Fsp3) is 0.533. The molecule has 112 valence electrons. The molecule has 0 aliphatic carbocycles. The second-order valence-electron chi connectivity index (χ2n) is 4.74. The van der Waals surface area contributed by atoms with E-state index in [-0.39, 0.29) is 11.9 Å². The number of carbonyl (C=O) groups excluding carboxylic acids is 1. The van der Waals surface area contributed by atoms with Crippen molar-refractivity contribution in [3.63, 3.8) is 0 Å². The monoisotopic (exact) mass is 342 g/mol. The van der Waals surface area contributed by atoms with Crippen molar-refractivity contribution in [2.24, 2.45) is 5.73 Å². The molecule has 0 aromatic heterocycles. The van der Waals surface area contributed by atoms with E-state index in [1.807, 2.05) is 39.0 Å². The standard InChI is InChI=1S/C15H23BrN2O2/c1-5-18(6-2)15(19)11(4)20-14-8-7-12(16)9-13(14)10(3)17/h7-11H,5-6,17H2,1-4H3. The summed E-state index contributed by atoms with van der Waals surface area (Å²) in [5.74, 6) is 0.657. The lowest BCUT2D eigenvalue weighted by Gasteiger charge is -2.24. The highest BCUT2D eigenvalue weighted by Crippen LogP contribution is 2.28. The quantitative estimate of drug-likeness (QED) is 0.864. The summed E-state index contributed by atoms with van der Waals surface area (Å²) in [7, 11) is 0. The molecular weight excluding hydrogens is 320 g/mol. The number of hydrogen-bond acceptors (Lipinski definition) is 3. The Hall–Kier alpha value is -1.07. The third kappa shape index (κ3) is 4.21. The Morgan fingerprint density at radius 2 is 1.95 bits per heavy atom. The van der Waals surface area contributed by atoms with Crippen molar-refractivity contribution in [1.29, 1.82) is 0 Å². The summed E-state index contributed by atoms with van der Waals surface area (Å²) in [5, 5.41) is 0. The van der Waals surface area contributed by atoms with Crippen LogP contribution in [0.15, 0.2) is 22.7 Å². The van der Waals surface area contributed by atoms with Gasteiger partial charge in [-0.15, -0.1) is 0 Å². The molecule has 0 saturated carbocycles. The summed E-state index contributed by atoms with van der Waals surface area (Å²) in [6.45, 7) is 8.95. The molecule has 0 saturated heterocycles. The van der Waals surface area contributed by atoms with E-state index >= 15 is 0 Å². The fourth-order valence-electron chi connectivity index (χ4n) is 2.02. The molecule has 2 atom stereocenters. The minimum atomic E-state index is -0.520. The number of ether oxygens (including phenoxy) is 1. The van der Waals surface area contributed by atoms with Gasteiger partial charge in [0.1, 0.15) is 5.75 Å². The second kappa shape index (κ2) is 7.64. The van der Waals surface area contributed by atoms with Crippen molar-refractivity contribution in [2.75, 3.05) is 13.1 Å². The topological polar surface area (TPSA) is 55.6 Å². The van der Waals surface area contributed by atoms with Crippen molar-refractivity contribution in [3.05, 3.63) is 28.2 Å². The molecule has 0 heterocycles. The maximum absolute atomic E-state index is 12.2. The maximum Gasteiger partial charge on any atom is 0.263 e. The van der Waals surface area contributed by atoms with Gasteiger partial charge in [0.15, 0.2) is 6.10 Å². The molecule has 1 aromatic carbocycles. The van der Waals surface area contributed by atoms with Gasteiger partial charge in [-0.2, -0.15) is 0 Å². The number of carbonyl (C=O) groups is 1. The van der Waals surface area contributed by atoms with Gasteiger partial charge in [0.05, 0.1) is 0 Å². The number of rotatable bonds is 6. The summed E-state index contributed by atoms with van der Waals surface area (Å²) in [5.41, 5.74) is 6.84. The molecule has 2 N–H and O–H groups in total. The predicted octanol–water partition coefficient (Wildman–Crippen LogP) is 3.10. The van der Waals surface area contributed by atoms with Gasteiger partial charge in [0, 0.05) is 29.2 Å². The third-order valence-electron chi connectivity index (χ3n) is 3.19. The number of amides is 1. The molecule has 0 radical (unpaired) electrons. The first-order chi connectivity index (χ1) is 9.40. The zero-order valence-corrected chi connectivity index (χ0v) is 14.1. The van der Waals surface area contributed by atoms with Crippen LogP contribution in [0.25, 0.3) is 0 Å². The Bertz CT molecular complexity index is 459. The Morgan fingerprint density at radius 3 is 2.45 bits per heavy atom. The second-order valence-corrected chi connectivity index (χ2v) is 5.66. The molecule has 4 nitrogen and oxygen atoms in total. The van der Waals surface area contributed by atoms with Crippen LogP contribution in [-0.2, 0) is 4.79 Å². The van der Waals surface area contributed by atoms with Crippen LogP contribution in [0.3, 0.4) is 0 Å². The third-order valence-corrected chi connectivity index (χ3v) is 3.68. The number of hydrogen-bond donors (Lipinski definition) is 1. The van der Waals surface area contributed by atoms with Crippen molar-refractivity contribution in [3.8, 4) is 5.75 Å². The maximum atomic E-state index is 12.2. The van der Waals surface area contributed by atoms with Gasteiger partial charge in [-0.25, -0.2) is 0 Å². The van der Waals surface area contributed by atoms with Crippen molar-refractivity contribution in [1.82, 2.24) is 4.90 Å². The SMILES string of the molecule is CCN(CC)C(=O)C(C)Oc1ccc(Br)cc1C(C)N. The van der Waals surface area contributed by atoms with E-state index in [1.165, 1.54) is 0 Å². The van der Waals surface area contributed by atoms with E-state index in [1.54, 1.807) is 11.8 Å². The summed E-state index contributed by atoms with van der Waals surface area (Å²) in [6.07, 6.45) is -0.520. The van der Waals surface area contributed by atoms with Crippen LogP contribution >= 0.6 is 15.9 Å². The van der Waals surface area contributed by atoms with E-state index < -0.39 is 6.10 Å². The molecule has 1 rings (SSSR count). The van der Waals surface area contributed by atoms with E-state index in [0.29, 0.717) is 18.8 Å². The first-order valence-corrected chi connectivity index (χ1v) is 7.70. The number of likely N-dealkylation sites (N-methyl/N-ethyl adjacent to an activating group) is 1. The van der Waals surface area contributed by atoms with Crippen molar-refractivity contribution in [2.45, 2.75) is 39.8 Å². The van der Waals surface area contributed by atoms with E-state index in [0.717, 1.165) is 10.0 Å². The molecule has 2 unspecified atom stereocenters. The summed E-state index contributed by atoms with van der Waals surface area (Å²) < 4.78 is 6.76. The Morgan fingerprint density at radius 1 is 1.35 bits per heavy atom. The molecule has 0 bridgehead atoms. The lowest BCUT2D eigenvalue weighted by atomic mass is 10.1. The van der Waals surface area contributed by atoms with Crippen LogP contribution in [0.4, 0.5) is 0 Å².